The van der Waals surface area contributed by atoms with E-state index in [0.29, 0.717) is 10.7 Å². The third kappa shape index (κ3) is 4.22. The van der Waals surface area contributed by atoms with Crippen LogP contribution in [0.15, 0.2) is 63.8 Å². The Balaban J connectivity index is 1.79. The molecular weight excluding hydrogens is 536 g/mol. The van der Waals surface area contributed by atoms with Gasteiger partial charge in [0.05, 0.1) is 27.2 Å². The molecule has 2 heterocycles. The Kier molecular flexibility index (Phi) is 5.87. The second-order valence-electron chi connectivity index (χ2n) is 7.88. The molecule has 0 spiro atoms. The van der Waals surface area contributed by atoms with Crippen molar-refractivity contribution in [3.05, 3.63) is 92.7 Å². The Bertz CT molecular complexity index is 1820. The first-order chi connectivity index (χ1) is 18.0. The number of aromatic carboxylic acids is 1. The smallest absolute Gasteiger partial charge is 0.434 e. The summed E-state index contributed by atoms with van der Waals surface area (Å²) in [6.45, 7) is 0. The number of hydrogen-bond acceptors (Lipinski definition) is 6. The maximum Gasteiger partial charge on any atom is 0.434 e. The molecule has 2 N–H and O–H groups in total. The predicted molar refractivity (Wildman–Crippen MR) is 124 cm³/mol. The third-order valence-corrected chi connectivity index (χ3v) is 5.88. The first-order valence-corrected chi connectivity index (χ1v) is 10.9. The number of nitrogens with one attached hydrogen (secondary N) is 1. The van der Waals surface area contributed by atoms with Gasteiger partial charge >= 0.3 is 17.9 Å². The van der Waals surface area contributed by atoms with E-state index in [0.717, 1.165) is 30.3 Å². The highest BCUT2D eigenvalue weighted by Crippen LogP contribution is 2.37. The van der Waals surface area contributed by atoms with Crippen LogP contribution in [0.3, 0.4) is 0 Å². The average molecular weight is 547 g/mol. The Morgan fingerprint density at radius 2 is 1.84 bits per heavy atom. The number of carboxylic acids is 1. The summed E-state index contributed by atoms with van der Waals surface area (Å²) in [5.41, 5.74) is -2.90. The van der Waals surface area contributed by atoms with Gasteiger partial charge in [-0.25, -0.2) is 19.1 Å². The normalized spacial score (nSPS) is 11.7. The van der Waals surface area contributed by atoms with Crippen molar-refractivity contribution in [2.75, 3.05) is 0 Å². The molecule has 192 valence electrons. The minimum Gasteiger partial charge on any atom is -0.478 e. The van der Waals surface area contributed by atoms with Crippen LogP contribution in [0.25, 0.3) is 33.6 Å². The number of benzene rings is 3. The van der Waals surface area contributed by atoms with Gasteiger partial charge in [-0.1, -0.05) is 17.7 Å². The van der Waals surface area contributed by atoms with Gasteiger partial charge in [-0.15, -0.1) is 5.10 Å². The second kappa shape index (κ2) is 8.95. The van der Waals surface area contributed by atoms with E-state index < -0.39 is 45.8 Å². The van der Waals surface area contributed by atoms with E-state index in [1.807, 2.05) is 0 Å². The van der Waals surface area contributed by atoms with Crippen molar-refractivity contribution in [2.45, 2.75) is 6.18 Å². The molecule has 5 aromatic rings. The van der Waals surface area contributed by atoms with Crippen molar-refractivity contribution in [1.82, 2.24) is 20.0 Å². The molecule has 0 aliphatic heterocycles. The Hall–Kier alpha value is -4.78. The topological polar surface area (TPSA) is 131 Å². The number of fused-ring (bicyclic) bond motifs is 1. The van der Waals surface area contributed by atoms with Gasteiger partial charge in [-0.05, 0) is 48.5 Å². The molecule has 0 atom stereocenters. The number of rotatable bonds is 4. The Labute approximate surface area is 212 Å². The third-order valence-electron chi connectivity index (χ3n) is 5.56. The minimum atomic E-state index is -4.94. The van der Waals surface area contributed by atoms with Crippen molar-refractivity contribution < 1.29 is 36.7 Å². The van der Waals surface area contributed by atoms with Gasteiger partial charge in [-0.2, -0.15) is 23.0 Å². The highest BCUT2D eigenvalue weighted by Gasteiger charge is 2.37. The zero-order valence-corrected chi connectivity index (χ0v) is 19.3. The summed E-state index contributed by atoms with van der Waals surface area (Å²) < 4.78 is 61.7. The lowest BCUT2D eigenvalue weighted by Gasteiger charge is -2.13. The number of halogens is 5. The van der Waals surface area contributed by atoms with Gasteiger partial charge in [0, 0.05) is 16.5 Å². The van der Waals surface area contributed by atoms with E-state index in [4.69, 9.17) is 21.1 Å². The lowest BCUT2D eigenvalue weighted by Crippen LogP contribution is -2.20. The zero-order valence-electron chi connectivity index (χ0n) is 18.5. The lowest BCUT2D eigenvalue weighted by atomic mass is 10.0. The number of aromatic nitrogens is 4. The number of H-pyrrole nitrogens is 1. The Morgan fingerprint density at radius 1 is 1.08 bits per heavy atom. The molecule has 0 amide bonds. The molecule has 0 unspecified atom stereocenters. The average Bonchev–Trinajstić information content (AvgIpc) is 3.46. The zero-order chi connectivity index (χ0) is 27.4. The maximum absolute atomic E-state index is 15.0. The monoisotopic (exact) mass is 546 g/mol. The van der Waals surface area contributed by atoms with Crippen LogP contribution in [0.4, 0.5) is 17.6 Å². The molecular formula is C24H11ClF4N4O5. The summed E-state index contributed by atoms with van der Waals surface area (Å²) in [6.07, 6.45) is -4.94. The van der Waals surface area contributed by atoms with Crippen LogP contribution in [-0.4, -0.2) is 37.0 Å². The molecule has 0 saturated heterocycles. The van der Waals surface area contributed by atoms with Gasteiger partial charge < -0.3 is 9.52 Å². The van der Waals surface area contributed by atoms with E-state index in [2.05, 4.69) is 15.3 Å². The fraction of sp³-hybridized carbons (Fsp3) is 0.0417. The number of aromatic amines is 1. The second-order valence-corrected chi connectivity index (χ2v) is 8.28. The molecule has 0 radical (unpaired) electrons. The first kappa shape index (κ1) is 24.9. The van der Waals surface area contributed by atoms with Crippen LogP contribution < -0.4 is 5.76 Å². The van der Waals surface area contributed by atoms with Crippen LogP contribution in [0.5, 0.6) is 0 Å². The quantitative estimate of drug-likeness (QED) is 0.295. The highest BCUT2D eigenvalue weighted by atomic mass is 35.5. The van der Waals surface area contributed by atoms with Crippen LogP contribution in [0.2, 0.25) is 5.02 Å². The summed E-state index contributed by atoms with van der Waals surface area (Å²) in [6, 6.07) is 9.82. The first-order valence-electron chi connectivity index (χ1n) is 10.5. The molecule has 2 aromatic heterocycles. The summed E-state index contributed by atoms with van der Waals surface area (Å²) >= 11 is 6.02. The van der Waals surface area contributed by atoms with E-state index in [1.165, 1.54) is 18.2 Å². The molecule has 0 bridgehead atoms. The molecule has 3 aromatic carbocycles. The van der Waals surface area contributed by atoms with Crippen molar-refractivity contribution in [3.8, 4) is 22.7 Å². The fourth-order valence-electron chi connectivity index (χ4n) is 3.88. The molecule has 14 heteroatoms. The number of carbonyl (C=O) groups is 2. The highest BCUT2D eigenvalue weighted by molar-refractivity contribution is 6.34. The van der Waals surface area contributed by atoms with Crippen LogP contribution in [0, 0.1) is 5.82 Å². The summed E-state index contributed by atoms with van der Waals surface area (Å²) in [5, 5.41) is 18.6. The molecule has 0 fully saturated rings. The van der Waals surface area contributed by atoms with Crippen molar-refractivity contribution in [3.63, 3.8) is 0 Å². The van der Waals surface area contributed by atoms with E-state index >= 15 is 0 Å². The standard InChI is InChI=1S/C24H11ClF4N4O5/c25-15-3-1-2-14(24(27,28)29)18(15)21(34)33-17-9-10(20-30-31-23(37)38-20)4-7-13(17)19(32-33)12-6-5-11(22(35)36)8-16(12)26/h1-9H,(H,31,37)(H,35,36). The number of carboxylic acid groups (broad SMARTS) is 1. The number of alkyl halides is 3. The molecule has 5 rings (SSSR count). The molecule has 0 saturated carbocycles. The Morgan fingerprint density at radius 3 is 2.47 bits per heavy atom. The largest absolute Gasteiger partial charge is 0.478 e. The summed E-state index contributed by atoms with van der Waals surface area (Å²) in [7, 11) is 0. The van der Waals surface area contributed by atoms with Crippen molar-refractivity contribution >= 4 is 34.4 Å². The van der Waals surface area contributed by atoms with E-state index in [1.54, 1.807) is 0 Å². The predicted octanol–water partition coefficient (Wildman–Crippen LogP) is 5.24. The summed E-state index contributed by atoms with van der Waals surface area (Å²) in [5.74, 6) is -4.73. The number of nitrogens with zero attached hydrogens (tertiary/aromatic N) is 3. The lowest BCUT2D eigenvalue weighted by molar-refractivity contribution is -0.137. The number of carbonyl (C=O) groups excluding carboxylic acids is 1. The SMILES string of the molecule is O=C(O)c1ccc(-c2nn(C(=O)c3c(Cl)cccc3C(F)(F)F)c3cc(-c4n[nH]c(=O)o4)ccc23)c(F)c1. The van der Waals surface area contributed by atoms with E-state index in [-0.39, 0.29) is 39.2 Å². The van der Waals surface area contributed by atoms with Gasteiger partial charge in [0.1, 0.15) is 11.5 Å². The van der Waals surface area contributed by atoms with Crippen LogP contribution in [-0.2, 0) is 6.18 Å². The molecule has 0 aliphatic carbocycles. The minimum absolute atomic E-state index is 0.0945. The molecule has 0 aliphatic rings. The van der Waals surface area contributed by atoms with Gasteiger partial charge in [0.15, 0.2) is 0 Å². The summed E-state index contributed by atoms with van der Waals surface area (Å²) in [4.78, 5) is 36.1. The molecule has 9 nitrogen and oxygen atoms in total. The van der Waals surface area contributed by atoms with Gasteiger partial charge in [-0.3, -0.25) is 4.79 Å². The fourth-order valence-corrected chi connectivity index (χ4v) is 4.13. The van der Waals surface area contributed by atoms with Crippen molar-refractivity contribution in [1.29, 1.82) is 0 Å². The maximum atomic E-state index is 15.0. The van der Waals surface area contributed by atoms with Gasteiger partial charge in [0.2, 0.25) is 5.89 Å². The van der Waals surface area contributed by atoms with E-state index in [9.17, 15) is 31.9 Å². The van der Waals surface area contributed by atoms with Gasteiger partial charge in [0.25, 0.3) is 5.91 Å². The number of hydrogen-bond donors (Lipinski definition) is 2. The van der Waals surface area contributed by atoms with Crippen molar-refractivity contribution in [2.24, 2.45) is 0 Å². The van der Waals surface area contributed by atoms with Crippen LogP contribution >= 0.6 is 11.6 Å². The molecule has 38 heavy (non-hydrogen) atoms. The van der Waals surface area contributed by atoms with Crippen LogP contribution in [0.1, 0.15) is 26.3 Å².